The molecule has 0 spiro atoms. The Bertz CT molecular complexity index is 1070. The van der Waals surface area contributed by atoms with E-state index in [-0.39, 0.29) is 12.2 Å². The molecule has 1 fully saturated rings. The minimum absolute atomic E-state index is 0.111. The summed E-state index contributed by atoms with van der Waals surface area (Å²) in [6.07, 6.45) is 7.84. The van der Waals surface area contributed by atoms with Crippen molar-refractivity contribution in [1.82, 2.24) is 4.98 Å². The lowest BCUT2D eigenvalue weighted by Gasteiger charge is -2.37. The first kappa shape index (κ1) is 22.9. The highest BCUT2D eigenvalue weighted by molar-refractivity contribution is 5.52. The Morgan fingerprint density at radius 2 is 1.59 bits per heavy atom. The Kier molecular flexibility index (Phi) is 6.84. The first-order valence-corrected chi connectivity index (χ1v) is 12.3. The smallest absolute Gasteiger partial charge is 0.159 e. The molecule has 178 valence electrons. The normalized spacial score (nSPS) is 21.0. The number of aromatic hydroxyl groups is 1. The van der Waals surface area contributed by atoms with Gasteiger partial charge in [-0.1, -0.05) is 18.2 Å². The van der Waals surface area contributed by atoms with Gasteiger partial charge in [-0.3, -0.25) is 4.98 Å². The second-order valence-corrected chi connectivity index (χ2v) is 9.54. The summed E-state index contributed by atoms with van der Waals surface area (Å²) in [5.74, 6) is 1.45. The number of nitrogens with zero attached hydrogens (tertiary/aromatic N) is 2. The Labute approximate surface area is 202 Å². The summed E-state index contributed by atoms with van der Waals surface area (Å²) < 4.78 is 11.0. The van der Waals surface area contributed by atoms with Crippen molar-refractivity contribution in [3.63, 3.8) is 0 Å². The third-order valence-electron chi connectivity index (χ3n) is 7.73. The van der Waals surface area contributed by atoms with Crippen LogP contribution in [0.5, 0.6) is 5.75 Å². The summed E-state index contributed by atoms with van der Waals surface area (Å²) in [5, 5.41) is 10.1. The topological polar surface area (TPSA) is 54.8 Å². The molecule has 2 atom stereocenters. The number of pyridine rings is 1. The molecule has 0 unspecified atom stereocenters. The molecule has 1 saturated heterocycles. The zero-order chi connectivity index (χ0) is 23.5. The Morgan fingerprint density at radius 3 is 2.26 bits per heavy atom. The van der Waals surface area contributed by atoms with Gasteiger partial charge in [-0.05, 0) is 90.3 Å². The molecule has 5 nitrogen and oxygen atoms in total. The van der Waals surface area contributed by atoms with Crippen LogP contribution in [0.2, 0.25) is 0 Å². The minimum atomic E-state index is -0.111. The zero-order valence-electron chi connectivity index (χ0n) is 20.1. The van der Waals surface area contributed by atoms with Gasteiger partial charge in [0.05, 0.1) is 0 Å². The van der Waals surface area contributed by atoms with Crippen LogP contribution in [0.25, 0.3) is 0 Å². The molecule has 2 aliphatic rings. The molecule has 0 saturated carbocycles. The lowest BCUT2D eigenvalue weighted by atomic mass is 9.69. The maximum atomic E-state index is 10.1. The molecule has 1 aromatic heterocycles. The number of aromatic nitrogens is 1. The number of piperidine rings is 1. The monoisotopic (exact) mass is 458 g/mol. The lowest BCUT2D eigenvalue weighted by Crippen LogP contribution is -2.39. The number of fused-ring (bicyclic) bond motifs is 1. The van der Waals surface area contributed by atoms with E-state index >= 15 is 0 Å². The SMILES string of the molecule is COC(OC)C1CCN(c2ccc([C@@H]3c4ccc(O)cc4CC[C@@H]3c3ccncc3)cc2)CC1. The van der Waals surface area contributed by atoms with Crippen LogP contribution in [-0.4, -0.2) is 43.7 Å². The van der Waals surface area contributed by atoms with Crippen molar-refractivity contribution in [2.75, 3.05) is 32.2 Å². The van der Waals surface area contributed by atoms with Crippen molar-refractivity contribution in [1.29, 1.82) is 0 Å². The average Bonchev–Trinajstić information content (AvgIpc) is 2.90. The molecular weight excluding hydrogens is 424 g/mol. The Morgan fingerprint density at radius 1 is 0.882 bits per heavy atom. The maximum absolute atomic E-state index is 10.1. The Hall–Kier alpha value is -2.89. The largest absolute Gasteiger partial charge is 0.508 e. The highest BCUT2D eigenvalue weighted by atomic mass is 16.7. The van der Waals surface area contributed by atoms with Gasteiger partial charge in [-0.2, -0.15) is 0 Å². The fraction of sp³-hybridized carbons (Fsp3) is 0.414. The van der Waals surface area contributed by atoms with E-state index in [0.717, 1.165) is 38.8 Å². The summed E-state index contributed by atoms with van der Waals surface area (Å²) in [6, 6.07) is 19.3. The molecule has 5 heteroatoms. The second kappa shape index (κ2) is 10.2. The van der Waals surface area contributed by atoms with E-state index in [4.69, 9.17) is 9.47 Å². The molecule has 2 heterocycles. The van der Waals surface area contributed by atoms with Gasteiger partial charge in [0, 0.05) is 57.2 Å². The number of ether oxygens (including phenoxy) is 2. The number of benzene rings is 2. The fourth-order valence-electron chi connectivity index (χ4n) is 5.99. The number of aryl methyl sites for hydroxylation is 1. The van der Waals surface area contributed by atoms with Crippen LogP contribution in [0.15, 0.2) is 67.0 Å². The van der Waals surface area contributed by atoms with Gasteiger partial charge in [0.15, 0.2) is 6.29 Å². The van der Waals surface area contributed by atoms with Crippen molar-refractivity contribution in [3.05, 3.63) is 89.2 Å². The van der Waals surface area contributed by atoms with Crippen LogP contribution in [0.4, 0.5) is 5.69 Å². The molecule has 0 amide bonds. The van der Waals surface area contributed by atoms with E-state index in [1.54, 1.807) is 14.2 Å². The summed E-state index contributed by atoms with van der Waals surface area (Å²) in [6.45, 7) is 2.02. The van der Waals surface area contributed by atoms with Crippen LogP contribution in [0, 0.1) is 5.92 Å². The average molecular weight is 459 g/mol. The predicted octanol–water partition coefficient (Wildman–Crippen LogP) is 5.48. The highest BCUT2D eigenvalue weighted by Gasteiger charge is 2.32. The molecular formula is C29H34N2O3. The predicted molar refractivity (Wildman–Crippen MR) is 134 cm³/mol. The fourth-order valence-corrected chi connectivity index (χ4v) is 5.99. The van der Waals surface area contributed by atoms with Crippen molar-refractivity contribution < 1.29 is 14.6 Å². The molecule has 5 rings (SSSR count). The van der Waals surface area contributed by atoms with Crippen molar-refractivity contribution >= 4 is 5.69 Å². The third kappa shape index (κ3) is 4.55. The first-order valence-electron chi connectivity index (χ1n) is 12.3. The van der Waals surface area contributed by atoms with Gasteiger partial charge in [0.2, 0.25) is 0 Å². The molecule has 1 N–H and O–H groups in total. The van der Waals surface area contributed by atoms with E-state index in [9.17, 15) is 5.11 Å². The van der Waals surface area contributed by atoms with Crippen molar-refractivity contribution in [3.8, 4) is 5.75 Å². The van der Waals surface area contributed by atoms with Crippen molar-refractivity contribution in [2.24, 2.45) is 5.92 Å². The molecule has 1 aliphatic heterocycles. The minimum Gasteiger partial charge on any atom is -0.508 e. The van der Waals surface area contributed by atoms with Gasteiger partial charge >= 0.3 is 0 Å². The van der Waals surface area contributed by atoms with Gasteiger partial charge in [-0.15, -0.1) is 0 Å². The van der Waals surface area contributed by atoms with Crippen LogP contribution in [0.3, 0.4) is 0 Å². The Balaban J connectivity index is 1.40. The van der Waals surface area contributed by atoms with Crippen LogP contribution in [0.1, 0.15) is 53.4 Å². The van der Waals surface area contributed by atoms with Gasteiger partial charge in [-0.25, -0.2) is 0 Å². The van der Waals surface area contributed by atoms with Gasteiger partial charge < -0.3 is 19.5 Å². The van der Waals surface area contributed by atoms with Crippen molar-refractivity contribution in [2.45, 2.75) is 43.8 Å². The van der Waals surface area contributed by atoms with E-state index in [1.807, 2.05) is 24.5 Å². The lowest BCUT2D eigenvalue weighted by molar-refractivity contribution is -0.141. The van der Waals surface area contributed by atoms with Gasteiger partial charge in [0.1, 0.15) is 5.75 Å². The number of rotatable bonds is 6. The second-order valence-electron chi connectivity index (χ2n) is 9.54. The van der Waals surface area contributed by atoms with E-state index in [0.29, 0.717) is 17.6 Å². The maximum Gasteiger partial charge on any atom is 0.159 e. The summed E-state index contributed by atoms with van der Waals surface area (Å²) in [4.78, 5) is 6.70. The van der Waals surface area contributed by atoms with Crippen LogP contribution >= 0.6 is 0 Å². The van der Waals surface area contributed by atoms with E-state index in [2.05, 4.69) is 52.3 Å². The van der Waals surface area contributed by atoms with Gasteiger partial charge in [0.25, 0.3) is 0 Å². The number of anilines is 1. The molecule has 0 radical (unpaired) electrons. The molecule has 1 aliphatic carbocycles. The summed E-state index contributed by atoms with van der Waals surface area (Å²) in [5.41, 5.74) is 6.51. The highest BCUT2D eigenvalue weighted by Crippen LogP contribution is 2.47. The summed E-state index contributed by atoms with van der Waals surface area (Å²) >= 11 is 0. The molecule has 2 aromatic carbocycles. The quantitative estimate of drug-likeness (QED) is 0.496. The first-order chi connectivity index (χ1) is 16.7. The number of hydrogen-bond acceptors (Lipinski definition) is 5. The number of methoxy groups -OCH3 is 2. The molecule has 0 bridgehead atoms. The number of phenolic OH excluding ortho intramolecular Hbond substituents is 1. The summed E-state index contributed by atoms with van der Waals surface area (Å²) in [7, 11) is 3.45. The standard InChI is InChI=1S/C29H34N2O3/c1-33-29(34-2)22-13-17-31(18-14-22)24-6-3-21(4-7-24)28-26(20-11-15-30-16-12-20)9-5-23-19-25(32)8-10-27(23)28/h3-4,6-8,10-12,15-16,19,22,26,28-29,32H,5,9,13-14,17-18H2,1-2H3/t26-,28+/m1/s1. The van der Waals surface area contributed by atoms with E-state index in [1.165, 1.54) is 27.9 Å². The van der Waals surface area contributed by atoms with E-state index < -0.39 is 0 Å². The zero-order valence-corrected chi connectivity index (χ0v) is 20.1. The molecule has 3 aromatic rings. The molecule has 34 heavy (non-hydrogen) atoms. The third-order valence-corrected chi connectivity index (χ3v) is 7.73. The van der Waals surface area contributed by atoms with Crippen LogP contribution < -0.4 is 4.90 Å². The number of hydrogen-bond donors (Lipinski definition) is 1. The number of phenols is 1. The van der Waals surface area contributed by atoms with Crippen LogP contribution in [-0.2, 0) is 15.9 Å².